The first-order chi connectivity index (χ1) is 15.6. The lowest BCUT2D eigenvalue weighted by atomic mass is 9.98. The predicted octanol–water partition coefficient (Wildman–Crippen LogP) is 5.30. The van der Waals surface area contributed by atoms with Gasteiger partial charge in [0.25, 0.3) is 5.69 Å². The minimum absolute atomic E-state index is 0.0210. The molecule has 0 saturated carbocycles. The van der Waals surface area contributed by atoms with Gasteiger partial charge in [-0.05, 0) is 35.9 Å². The molecule has 0 aliphatic carbocycles. The number of methoxy groups -OCH3 is 1. The van der Waals surface area contributed by atoms with Crippen LogP contribution in [0.3, 0.4) is 0 Å². The number of ether oxygens (including phenoxy) is 2. The summed E-state index contributed by atoms with van der Waals surface area (Å²) in [7, 11) is 1.31. The average Bonchev–Trinajstić information content (AvgIpc) is 2.84. The summed E-state index contributed by atoms with van der Waals surface area (Å²) in [6.07, 6.45) is 2.98. The summed E-state index contributed by atoms with van der Waals surface area (Å²) in [6.45, 7) is 0. The fourth-order valence-electron chi connectivity index (χ4n) is 3.24. The first-order valence-electron chi connectivity index (χ1n) is 9.73. The van der Waals surface area contributed by atoms with Crippen molar-refractivity contribution in [1.82, 2.24) is 0 Å². The number of para-hydroxylation sites is 1. The summed E-state index contributed by atoms with van der Waals surface area (Å²) < 4.78 is 11.0. The van der Waals surface area contributed by atoms with Gasteiger partial charge in [0.1, 0.15) is 5.76 Å². The zero-order valence-electron chi connectivity index (χ0n) is 17.1. The molecule has 0 fully saturated rings. The van der Waals surface area contributed by atoms with Gasteiger partial charge < -0.3 is 9.47 Å². The summed E-state index contributed by atoms with van der Waals surface area (Å²) in [5.74, 6) is 0.316. The molecule has 1 heterocycles. The second-order valence-electron chi connectivity index (χ2n) is 6.81. The second kappa shape index (κ2) is 9.09. The van der Waals surface area contributed by atoms with Gasteiger partial charge in [-0.3, -0.25) is 10.1 Å². The van der Waals surface area contributed by atoms with Gasteiger partial charge in [-0.15, -0.1) is 0 Å². The summed E-state index contributed by atoms with van der Waals surface area (Å²) in [4.78, 5) is 26.9. The maximum atomic E-state index is 11.8. The van der Waals surface area contributed by atoms with Crippen LogP contribution in [-0.4, -0.2) is 23.9 Å². The Hall–Kier alpha value is -4.52. The van der Waals surface area contributed by atoms with E-state index in [2.05, 4.69) is 4.99 Å². The minimum atomic E-state index is -0.493. The molecular formula is C25H18N2O5. The summed E-state index contributed by atoms with van der Waals surface area (Å²) in [6, 6.07) is 23.0. The van der Waals surface area contributed by atoms with Gasteiger partial charge in [0.2, 0.25) is 5.90 Å². The minimum Gasteiger partial charge on any atom is -0.466 e. The summed E-state index contributed by atoms with van der Waals surface area (Å²) >= 11 is 0. The zero-order valence-corrected chi connectivity index (χ0v) is 17.1. The number of benzene rings is 3. The van der Waals surface area contributed by atoms with Gasteiger partial charge in [0, 0.05) is 34.9 Å². The number of hydrogen-bond acceptors (Lipinski definition) is 6. The number of carbonyl (C=O) groups is 1. The van der Waals surface area contributed by atoms with E-state index < -0.39 is 10.9 Å². The third-order valence-corrected chi connectivity index (χ3v) is 4.81. The van der Waals surface area contributed by atoms with Crippen LogP contribution in [0.25, 0.3) is 11.3 Å². The third kappa shape index (κ3) is 4.32. The van der Waals surface area contributed by atoms with Gasteiger partial charge in [-0.2, -0.15) is 0 Å². The average molecular weight is 426 g/mol. The van der Waals surface area contributed by atoms with Crippen LogP contribution >= 0.6 is 0 Å². The largest absolute Gasteiger partial charge is 0.466 e. The Balaban J connectivity index is 1.88. The molecule has 0 unspecified atom stereocenters. The van der Waals surface area contributed by atoms with Crippen molar-refractivity contribution < 1.29 is 19.2 Å². The number of non-ortho nitro benzene ring substituents is 1. The molecule has 0 spiro atoms. The van der Waals surface area contributed by atoms with Crippen molar-refractivity contribution in [3.05, 3.63) is 118 Å². The van der Waals surface area contributed by atoms with Gasteiger partial charge in [0.05, 0.1) is 17.7 Å². The number of fused-ring (bicyclic) bond motifs is 1. The number of nitro groups is 1. The topological polar surface area (TPSA) is 91.0 Å². The van der Waals surface area contributed by atoms with E-state index in [0.29, 0.717) is 28.5 Å². The highest BCUT2D eigenvalue weighted by Crippen LogP contribution is 2.38. The second-order valence-corrected chi connectivity index (χ2v) is 6.81. The Morgan fingerprint density at radius 3 is 2.34 bits per heavy atom. The Bertz CT molecular complexity index is 1260. The number of rotatable bonds is 5. The van der Waals surface area contributed by atoms with Crippen LogP contribution in [0.15, 0.2) is 96.0 Å². The number of nitrogens with zero attached hydrogens (tertiary/aromatic N) is 2. The van der Waals surface area contributed by atoms with Crippen molar-refractivity contribution in [2.24, 2.45) is 4.99 Å². The lowest BCUT2D eigenvalue weighted by Crippen LogP contribution is -2.12. The maximum Gasteiger partial charge on any atom is 0.330 e. The molecule has 0 atom stereocenters. The van der Waals surface area contributed by atoms with E-state index in [9.17, 15) is 14.9 Å². The number of allylic oxidation sites excluding steroid dienone is 2. The van der Waals surface area contributed by atoms with Gasteiger partial charge in [-0.25, -0.2) is 9.79 Å². The van der Waals surface area contributed by atoms with Crippen LogP contribution < -0.4 is 0 Å². The van der Waals surface area contributed by atoms with E-state index >= 15 is 0 Å². The highest BCUT2D eigenvalue weighted by atomic mass is 16.6. The summed E-state index contributed by atoms with van der Waals surface area (Å²) in [5.41, 5.74) is 3.51. The van der Waals surface area contributed by atoms with E-state index in [1.54, 1.807) is 18.2 Å². The molecule has 32 heavy (non-hydrogen) atoms. The lowest BCUT2D eigenvalue weighted by molar-refractivity contribution is -0.384. The Labute approximate surface area is 184 Å². The van der Waals surface area contributed by atoms with Crippen LogP contribution in [0.4, 0.5) is 11.4 Å². The van der Waals surface area contributed by atoms with Crippen LogP contribution in [0.1, 0.15) is 16.7 Å². The van der Waals surface area contributed by atoms with Crippen LogP contribution in [0.5, 0.6) is 0 Å². The first kappa shape index (κ1) is 20.7. The van der Waals surface area contributed by atoms with Crippen molar-refractivity contribution in [1.29, 1.82) is 0 Å². The maximum absolute atomic E-state index is 11.8. The smallest absolute Gasteiger partial charge is 0.330 e. The quantitative estimate of drug-likeness (QED) is 0.239. The van der Waals surface area contributed by atoms with Crippen LogP contribution in [0, 0.1) is 10.1 Å². The monoisotopic (exact) mass is 426 g/mol. The van der Waals surface area contributed by atoms with E-state index in [-0.39, 0.29) is 5.69 Å². The standard InChI is InChI=1S/C25H18N2O5/c1-31-23(28)16-15-20(17-7-3-2-4-8-17)24-21-9-5-6-10-22(21)26-25(32-24)18-11-13-19(14-12-18)27(29)30/h2-16H,1H3/b16-15+,24-20-. The molecule has 0 amide bonds. The SMILES string of the molecule is COC(=O)/C=C/C(=C1/OC(c2ccc([N+](=O)[O-])cc2)=Nc2ccccc21)c1ccccc1. The number of aliphatic imine (C=N–C) groups is 1. The molecule has 7 nitrogen and oxygen atoms in total. The molecular weight excluding hydrogens is 408 g/mol. The lowest BCUT2D eigenvalue weighted by Gasteiger charge is -2.22. The van der Waals surface area contributed by atoms with Crippen molar-refractivity contribution in [3.8, 4) is 0 Å². The molecule has 0 radical (unpaired) electrons. The molecule has 1 aliphatic rings. The van der Waals surface area contributed by atoms with Gasteiger partial charge in [-0.1, -0.05) is 42.5 Å². The number of nitro benzene ring substituents is 1. The molecule has 7 heteroatoms. The Kier molecular flexibility index (Phi) is 5.89. The van der Waals surface area contributed by atoms with Gasteiger partial charge in [0.15, 0.2) is 0 Å². The normalized spacial score (nSPS) is 14.2. The molecule has 0 saturated heterocycles. The van der Waals surface area contributed by atoms with Crippen LogP contribution in [-0.2, 0) is 14.3 Å². The first-order valence-corrected chi connectivity index (χ1v) is 9.73. The highest BCUT2D eigenvalue weighted by molar-refractivity contribution is 6.07. The molecule has 0 N–H and O–H groups in total. The molecule has 1 aliphatic heterocycles. The van der Waals surface area contributed by atoms with Crippen molar-refractivity contribution in [2.75, 3.05) is 7.11 Å². The predicted molar refractivity (Wildman–Crippen MR) is 121 cm³/mol. The Morgan fingerprint density at radius 1 is 0.969 bits per heavy atom. The number of esters is 1. The van der Waals surface area contributed by atoms with Gasteiger partial charge >= 0.3 is 5.97 Å². The van der Waals surface area contributed by atoms with Crippen molar-refractivity contribution >= 4 is 34.6 Å². The third-order valence-electron chi connectivity index (χ3n) is 4.81. The molecule has 3 aromatic carbocycles. The molecule has 4 rings (SSSR count). The van der Waals surface area contributed by atoms with Crippen LogP contribution in [0.2, 0.25) is 0 Å². The zero-order chi connectivity index (χ0) is 22.5. The molecule has 3 aromatic rings. The number of carbonyl (C=O) groups excluding carboxylic acids is 1. The molecule has 158 valence electrons. The van der Waals surface area contributed by atoms with E-state index in [1.165, 1.54) is 25.3 Å². The molecule has 0 aromatic heterocycles. The fourth-order valence-corrected chi connectivity index (χ4v) is 3.24. The van der Waals surface area contributed by atoms with E-state index in [1.807, 2.05) is 54.6 Å². The van der Waals surface area contributed by atoms with E-state index in [0.717, 1.165) is 11.1 Å². The Morgan fingerprint density at radius 2 is 1.66 bits per heavy atom. The molecule has 0 bridgehead atoms. The summed E-state index contributed by atoms with van der Waals surface area (Å²) in [5, 5.41) is 11.0. The van der Waals surface area contributed by atoms with Crippen molar-refractivity contribution in [3.63, 3.8) is 0 Å². The number of hydrogen-bond donors (Lipinski definition) is 0. The van der Waals surface area contributed by atoms with E-state index in [4.69, 9.17) is 9.47 Å². The van der Waals surface area contributed by atoms with Crippen molar-refractivity contribution in [2.45, 2.75) is 0 Å². The highest BCUT2D eigenvalue weighted by Gasteiger charge is 2.23. The fraction of sp³-hybridized carbons (Fsp3) is 0.0400.